The fraction of sp³-hybridized carbons (Fsp3) is 0.526. The smallest absolute Gasteiger partial charge is 0.214 e. The second-order valence-corrected chi connectivity index (χ2v) is 6.02. The average molecular weight is 346 g/mol. The summed E-state index contributed by atoms with van der Waals surface area (Å²) in [6.07, 6.45) is 4.02. The number of methoxy groups -OCH3 is 2. The van der Waals surface area contributed by atoms with Gasteiger partial charge in [-0.15, -0.1) is 0 Å². The number of amidine groups is 1. The van der Waals surface area contributed by atoms with Gasteiger partial charge in [0.25, 0.3) is 0 Å². The van der Waals surface area contributed by atoms with E-state index in [-0.39, 0.29) is 0 Å². The van der Waals surface area contributed by atoms with Crippen molar-refractivity contribution in [3.63, 3.8) is 0 Å². The molecule has 1 aliphatic rings. The highest BCUT2D eigenvalue weighted by Crippen LogP contribution is 2.34. The summed E-state index contributed by atoms with van der Waals surface area (Å²) in [6.45, 7) is 8.13. The van der Waals surface area contributed by atoms with E-state index in [1.165, 1.54) is 0 Å². The van der Waals surface area contributed by atoms with Gasteiger partial charge in [0.2, 0.25) is 5.79 Å². The van der Waals surface area contributed by atoms with Gasteiger partial charge in [-0.2, -0.15) is 0 Å². The van der Waals surface area contributed by atoms with Crippen LogP contribution in [0, 0.1) is 0 Å². The molecule has 1 heterocycles. The zero-order valence-corrected chi connectivity index (χ0v) is 15.9. The first-order valence-electron chi connectivity index (χ1n) is 8.86. The van der Waals surface area contributed by atoms with E-state index in [2.05, 4.69) is 37.1 Å². The molecule has 0 aromatic heterocycles. The molecule has 0 spiro atoms. The molecule has 6 heteroatoms. The van der Waals surface area contributed by atoms with Crippen LogP contribution in [0.4, 0.5) is 0 Å². The molecule has 0 fully saturated rings. The number of benzene rings is 1. The summed E-state index contributed by atoms with van der Waals surface area (Å²) < 4.78 is 10.9. The average Bonchev–Trinajstić information content (AvgIpc) is 2.62. The van der Waals surface area contributed by atoms with Crippen molar-refractivity contribution >= 4 is 5.84 Å². The van der Waals surface area contributed by atoms with Crippen LogP contribution in [0.5, 0.6) is 11.5 Å². The van der Waals surface area contributed by atoms with Crippen LogP contribution in [0.15, 0.2) is 35.0 Å². The molecule has 6 nitrogen and oxygen atoms in total. The Labute approximate surface area is 150 Å². The van der Waals surface area contributed by atoms with Crippen molar-refractivity contribution in [1.82, 2.24) is 10.2 Å². The minimum atomic E-state index is -1.10. The summed E-state index contributed by atoms with van der Waals surface area (Å²) >= 11 is 0. The number of nitrogens with zero attached hydrogens (tertiary/aromatic N) is 2. The third kappa shape index (κ3) is 4.07. The zero-order valence-electron chi connectivity index (χ0n) is 15.9. The number of allylic oxidation sites excluding steroid dienone is 1. The van der Waals surface area contributed by atoms with Crippen molar-refractivity contribution in [3.8, 4) is 11.5 Å². The maximum Gasteiger partial charge on any atom is 0.214 e. The van der Waals surface area contributed by atoms with E-state index in [4.69, 9.17) is 20.2 Å². The topological polar surface area (TPSA) is 72.1 Å². The van der Waals surface area contributed by atoms with Crippen molar-refractivity contribution in [2.24, 2.45) is 10.7 Å². The second-order valence-electron chi connectivity index (χ2n) is 6.02. The van der Waals surface area contributed by atoms with Crippen molar-refractivity contribution in [1.29, 1.82) is 0 Å². The van der Waals surface area contributed by atoms with Gasteiger partial charge in [0, 0.05) is 18.8 Å². The molecule has 0 amide bonds. The quantitative estimate of drug-likeness (QED) is 0.794. The molecule has 1 aromatic rings. The van der Waals surface area contributed by atoms with Crippen LogP contribution >= 0.6 is 0 Å². The molecule has 1 aromatic carbocycles. The minimum Gasteiger partial charge on any atom is -0.497 e. The van der Waals surface area contributed by atoms with E-state index >= 15 is 0 Å². The lowest BCUT2D eigenvalue weighted by molar-refractivity contribution is 0.336. The molecule has 25 heavy (non-hydrogen) atoms. The first-order chi connectivity index (χ1) is 12.0. The van der Waals surface area contributed by atoms with Gasteiger partial charge in [-0.1, -0.05) is 13.3 Å². The molecular formula is C19H30N4O2. The fourth-order valence-electron chi connectivity index (χ4n) is 3.03. The van der Waals surface area contributed by atoms with Gasteiger partial charge in [0.1, 0.15) is 17.3 Å². The number of nitrogens with one attached hydrogen (secondary N) is 1. The molecule has 0 saturated heterocycles. The molecule has 0 saturated carbocycles. The fourth-order valence-corrected chi connectivity index (χ4v) is 3.03. The van der Waals surface area contributed by atoms with Crippen LogP contribution in [0.1, 0.15) is 39.2 Å². The summed E-state index contributed by atoms with van der Waals surface area (Å²) in [5.74, 6) is 1.18. The molecule has 1 aliphatic heterocycles. The van der Waals surface area contributed by atoms with Crippen LogP contribution < -0.4 is 20.5 Å². The summed E-state index contributed by atoms with van der Waals surface area (Å²) in [5, 5.41) is 3.40. The normalized spacial score (nSPS) is 19.6. The van der Waals surface area contributed by atoms with Crippen molar-refractivity contribution < 1.29 is 9.47 Å². The monoisotopic (exact) mass is 346 g/mol. The highest BCUT2D eigenvalue weighted by molar-refractivity contribution is 5.94. The predicted octanol–water partition coefficient (Wildman–Crippen LogP) is 2.80. The van der Waals surface area contributed by atoms with Gasteiger partial charge >= 0.3 is 0 Å². The maximum absolute atomic E-state index is 6.74. The Bertz CT molecular complexity index is 653. The molecule has 138 valence electrons. The number of rotatable bonds is 7. The molecule has 2 rings (SSSR count). The zero-order chi connectivity index (χ0) is 18.4. The Morgan fingerprint density at radius 3 is 2.44 bits per heavy atom. The van der Waals surface area contributed by atoms with E-state index in [0.29, 0.717) is 11.5 Å². The summed E-state index contributed by atoms with van der Waals surface area (Å²) in [4.78, 5) is 7.04. The lowest BCUT2D eigenvalue weighted by Gasteiger charge is -2.36. The first kappa shape index (κ1) is 19.1. The number of hydrogen-bond acceptors (Lipinski definition) is 6. The predicted molar refractivity (Wildman–Crippen MR) is 102 cm³/mol. The molecule has 1 unspecified atom stereocenters. The Morgan fingerprint density at radius 2 is 1.88 bits per heavy atom. The summed E-state index contributed by atoms with van der Waals surface area (Å²) in [5.41, 5.74) is 8.56. The molecular weight excluding hydrogens is 316 g/mol. The number of likely N-dealkylation sites (N-methyl/N-ethyl adjacent to an activating group) is 1. The molecule has 0 aliphatic carbocycles. The van der Waals surface area contributed by atoms with Crippen LogP contribution in [0.3, 0.4) is 0 Å². The van der Waals surface area contributed by atoms with E-state index in [0.717, 1.165) is 43.0 Å². The van der Waals surface area contributed by atoms with Crippen LogP contribution in [0.2, 0.25) is 0 Å². The Morgan fingerprint density at radius 1 is 1.16 bits per heavy atom. The SMILES string of the molecule is CCCC1=CC(N(CC)CC)=NC(N)(c2cc(OC)ccc2OC)N1. The van der Waals surface area contributed by atoms with E-state index in [1.807, 2.05) is 18.2 Å². The Kier molecular flexibility index (Phi) is 6.31. The van der Waals surface area contributed by atoms with Gasteiger partial charge in [0.15, 0.2) is 0 Å². The maximum atomic E-state index is 6.74. The minimum absolute atomic E-state index is 0.677. The number of aliphatic imine (C=N–C) groups is 1. The summed E-state index contributed by atoms with van der Waals surface area (Å²) in [6, 6.07) is 5.59. The number of nitrogens with two attached hydrogens (primary N) is 1. The van der Waals surface area contributed by atoms with Crippen molar-refractivity contribution in [2.75, 3.05) is 27.3 Å². The largest absolute Gasteiger partial charge is 0.497 e. The van der Waals surface area contributed by atoms with Crippen LogP contribution in [-0.4, -0.2) is 38.0 Å². The Hall–Kier alpha value is -2.21. The van der Waals surface area contributed by atoms with Crippen LogP contribution in [-0.2, 0) is 5.79 Å². The molecule has 1 atom stereocenters. The van der Waals surface area contributed by atoms with E-state index in [9.17, 15) is 0 Å². The van der Waals surface area contributed by atoms with Gasteiger partial charge in [0.05, 0.1) is 19.8 Å². The lowest BCUT2D eigenvalue weighted by Crippen LogP contribution is -2.52. The Balaban J connectivity index is 2.56. The second kappa shape index (κ2) is 8.25. The van der Waals surface area contributed by atoms with Gasteiger partial charge in [-0.3, -0.25) is 5.73 Å². The third-order valence-electron chi connectivity index (χ3n) is 4.37. The number of hydrogen-bond donors (Lipinski definition) is 2. The standard InChI is InChI=1S/C19H30N4O2/c1-6-9-14-12-18(23(7-2)8-3)22-19(20,21-14)16-13-15(24-4)10-11-17(16)25-5/h10-13,21H,6-9,20H2,1-5H3. The van der Waals surface area contributed by atoms with Crippen LogP contribution in [0.25, 0.3) is 0 Å². The van der Waals surface area contributed by atoms with E-state index < -0.39 is 5.79 Å². The first-order valence-corrected chi connectivity index (χ1v) is 8.86. The van der Waals surface area contributed by atoms with Gasteiger partial charge < -0.3 is 19.7 Å². The number of ether oxygens (including phenoxy) is 2. The molecule has 0 radical (unpaired) electrons. The third-order valence-corrected chi connectivity index (χ3v) is 4.37. The highest BCUT2D eigenvalue weighted by Gasteiger charge is 2.34. The van der Waals surface area contributed by atoms with Gasteiger partial charge in [-0.05, 0) is 44.5 Å². The van der Waals surface area contributed by atoms with Crippen molar-refractivity contribution in [2.45, 2.75) is 39.4 Å². The summed E-state index contributed by atoms with van der Waals surface area (Å²) in [7, 11) is 3.27. The molecule has 0 bridgehead atoms. The molecule has 3 N–H and O–H groups in total. The highest BCUT2D eigenvalue weighted by atomic mass is 16.5. The van der Waals surface area contributed by atoms with Gasteiger partial charge in [-0.25, -0.2) is 4.99 Å². The van der Waals surface area contributed by atoms with Crippen molar-refractivity contribution in [3.05, 3.63) is 35.5 Å². The van der Waals surface area contributed by atoms with E-state index in [1.54, 1.807) is 14.2 Å². The lowest BCUT2D eigenvalue weighted by atomic mass is 10.0.